The van der Waals surface area contributed by atoms with Gasteiger partial charge in [0.1, 0.15) is 0 Å². The van der Waals surface area contributed by atoms with Crippen molar-refractivity contribution in [1.82, 2.24) is 20.3 Å². The van der Waals surface area contributed by atoms with Crippen LogP contribution >= 0.6 is 0 Å². The second-order valence-electron chi connectivity index (χ2n) is 6.89. The summed E-state index contributed by atoms with van der Waals surface area (Å²) in [6, 6.07) is 5.45. The number of nitrogens with one attached hydrogen (secondary N) is 1. The molecule has 0 aromatic carbocycles. The number of nitrogens with zero attached hydrogens (tertiary/aromatic N) is 4. The Morgan fingerprint density at radius 1 is 1.25 bits per heavy atom. The average molecular weight is 387 g/mol. The molecule has 0 unspecified atom stereocenters. The fourth-order valence-electron chi connectivity index (χ4n) is 3.49. The molecule has 1 N–H and O–H groups in total. The zero-order chi connectivity index (χ0) is 19.9. The van der Waals surface area contributed by atoms with Gasteiger partial charge >= 0.3 is 0 Å². The van der Waals surface area contributed by atoms with Crippen molar-refractivity contribution < 1.29 is 13.7 Å². The fourth-order valence-corrected chi connectivity index (χ4v) is 3.49. The van der Waals surface area contributed by atoms with E-state index in [4.69, 9.17) is 8.94 Å². The molecule has 1 amide bonds. The summed E-state index contributed by atoms with van der Waals surface area (Å²) in [6.45, 7) is 7.54. The Balaban J connectivity index is 1.50. The van der Waals surface area contributed by atoms with Gasteiger partial charge < -0.3 is 24.1 Å². The molecule has 8 heteroatoms. The Morgan fingerprint density at radius 3 is 2.57 bits per heavy atom. The van der Waals surface area contributed by atoms with E-state index in [1.807, 2.05) is 6.07 Å². The van der Waals surface area contributed by atoms with Crippen molar-refractivity contribution >= 4 is 11.9 Å². The normalized spacial score (nSPS) is 15.4. The quantitative estimate of drug-likeness (QED) is 0.606. The SMILES string of the molecule is CCC(CC)c1cc(CNC(=NC)N2CCN(C(=O)c3ccco3)CC2)on1. The minimum atomic E-state index is -0.0665. The molecule has 0 radical (unpaired) electrons. The summed E-state index contributed by atoms with van der Waals surface area (Å²) in [5.74, 6) is 2.36. The summed E-state index contributed by atoms with van der Waals surface area (Å²) in [7, 11) is 1.76. The molecule has 152 valence electrons. The first-order chi connectivity index (χ1) is 13.7. The monoisotopic (exact) mass is 387 g/mol. The molecule has 8 nitrogen and oxygen atoms in total. The first kappa shape index (κ1) is 20.0. The standard InChI is InChI=1S/C20H29N5O3/c1-4-15(5-2)17-13-16(28-23-17)14-22-20(21-3)25-10-8-24(9-11-25)19(26)18-7-6-12-27-18/h6-7,12-13,15H,4-5,8-11,14H2,1-3H3,(H,21,22). The number of amides is 1. The van der Waals surface area contributed by atoms with Gasteiger partial charge in [-0.15, -0.1) is 0 Å². The van der Waals surface area contributed by atoms with Crippen LogP contribution in [0.4, 0.5) is 0 Å². The molecule has 1 fully saturated rings. The number of hydrogen-bond acceptors (Lipinski definition) is 5. The molecule has 3 rings (SSSR count). The maximum atomic E-state index is 12.4. The van der Waals surface area contributed by atoms with Gasteiger partial charge in [-0.1, -0.05) is 19.0 Å². The van der Waals surface area contributed by atoms with E-state index >= 15 is 0 Å². The summed E-state index contributed by atoms with van der Waals surface area (Å²) >= 11 is 0. The van der Waals surface area contributed by atoms with Crippen LogP contribution in [0.2, 0.25) is 0 Å². The number of hydrogen-bond donors (Lipinski definition) is 1. The van der Waals surface area contributed by atoms with Crippen molar-refractivity contribution in [3.05, 3.63) is 41.7 Å². The Kier molecular flexibility index (Phi) is 6.73. The summed E-state index contributed by atoms with van der Waals surface area (Å²) in [5, 5.41) is 7.54. The van der Waals surface area contributed by atoms with Gasteiger partial charge in [0.15, 0.2) is 17.5 Å². The first-order valence-electron chi connectivity index (χ1n) is 9.90. The van der Waals surface area contributed by atoms with Gasteiger partial charge in [-0.3, -0.25) is 9.79 Å². The zero-order valence-electron chi connectivity index (χ0n) is 16.9. The summed E-state index contributed by atoms with van der Waals surface area (Å²) in [6.07, 6.45) is 3.63. The highest BCUT2D eigenvalue weighted by Crippen LogP contribution is 2.22. The van der Waals surface area contributed by atoms with E-state index in [1.165, 1.54) is 6.26 Å². The van der Waals surface area contributed by atoms with E-state index in [1.54, 1.807) is 24.1 Å². The number of aliphatic imine (C=N–C) groups is 1. The van der Waals surface area contributed by atoms with Gasteiger partial charge in [-0.05, 0) is 25.0 Å². The van der Waals surface area contributed by atoms with Crippen LogP contribution in [0.1, 0.15) is 54.6 Å². The van der Waals surface area contributed by atoms with Crippen LogP contribution in [0, 0.1) is 0 Å². The van der Waals surface area contributed by atoms with E-state index in [0.717, 1.165) is 30.3 Å². The Morgan fingerprint density at radius 2 is 1.96 bits per heavy atom. The van der Waals surface area contributed by atoms with Crippen molar-refractivity contribution in [2.45, 2.75) is 39.2 Å². The molecule has 3 heterocycles. The molecule has 0 saturated carbocycles. The smallest absolute Gasteiger partial charge is 0.289 e. The lowest BCUT2D eigenvalue weighted by atomic mass is 9.99. The molecule has 2 aromatic heterocycles. The molecule has 0 atom stereocenters. The molecular formula is C20H29N5O3. The lowest BCUT2D eigenvalue weighted by molar-refractivity contribution is 0.0657. The lowest BCUT2D eigenvalue weighted by Gasteiger charge is -2.36. The fraction of sp³-hybridized carbons (Fsp3) is 0.550. The highest BCUT2D eigenvalue weighted by Gasteiger charge is 2.25. The van der Waals surface area contributed by atoms with E-state index in [9.17, 15) is 4.79 Å². The number of furan rings is 1. The van der Waals surface area contributed by atoms with E-state index < -0.39 is 0 Å². The van der Waals surface area contributed by atoms with Crippen LogP contribution < -0.4 is 5.32 Å². The maximum Gasteiger partial charge on any atom is 0.289 e. The largest absolute Gasteiger partial charge is 0.459 e. The Hall–Kier alpha value is -2.77. The van der Waals surface area contributed by atoms with Crippen molar-refractivity contribution in [3.63, 3.8) is 0 Å². The number of rotatable bonds is 6. The van der Waals surface area contributed by atoms with E-state index in [-0.39, 0.29) is 5.91 Å². The van der Waals surface area contributed by atoms with Crippen LogP contribution in [-0.2, 0) is 6.54 Å². The second kappa shape index (κ2) is 9.43. The molecule has 1 saturated heterocycles. The molecule has 0 spiro atoms. The molecule has 0 bridgehead atoms. The van der Waals surface area contributed by atoms with Gasteiger partial charge in [0.05, 0.1) is 18.5 Å². The predicted octanol–water partition coefficient (Wildman–Crippen LogP) is 2.70. The topological polar surface area (TPSA) is 87.1 Å². The van der Waals surface area contributed by atoms with Crippen LogP contribution in [0.3, 0.4) is 0 Å². The van der Waals surface area contributed by atoms with Gasteiger partial charge in [0.2, 0.25) is 0 Å². The summed E-state index contributed by atoms with van der Waals surface area (Å²) in [5.41, 5.74) is 1.02. The highest BCUT2D eigenvalue weighted by atomic mass is 16.5. The Labute approximate surface area is 165 Å². The Bertz CT molecular complexity index is 772. The minimum absolute atomic E-state index is 0.0665. The van der Waals surface area contributed by atoms with E-state index in [0.29, 0.717) is 44.4 Å². The van der Waals surface area contributed by atoms with Crippen molar-refractivity contribution in [3.8, 4) is 0 Å². The third kappa shape index (κ3) is 4.55. The second-order valence-corrected chi connectivity index (χ2v) is 6.89. The summed E-state index contributed by atoms with van der Waals surface area (Å²) in [4.78, 5) is 20.7. The number of piperazine rings is 1. The van der Waals surface area contributed by atoms with Crippen molar-refractivity contribution in [2.24, 2.45) is 4.99 Å². The maximum absolute atomic E-state index is 12.4. The molecular weight excluding hydrogens is 358 g/mol. The van der Waals surface area contributed by atoms with Crippen molar-refractivity contribution in [1.29, 1.82) is 0 Å². The van der Waals surface area contributed by atoms with Crippen LogP contribution in [0.5, 0.6) is 0 Å². The average Bonchev–Trinajstić information content (AvgIpc) is 3.42. The third-order valence-electron chi connectivity index (χ3n) is 5.21. The molecule has 1 aliphatic rings. The van der Waals surface area contributed by atoms with Crippen LogP contribution in [-0.4, -0.2) is 60.0 Å². The lowest BCUT2D eigenvalue weighted by Crippen LogP contribution is -2.53. The minimum Gasteiger partial charge on any atom is -0.459 e. The number of carbonyl (C=O) groups is 1. The molecule has 2 aromatic rings. The van der Waals surface area contributed by atoms with Crippen LogP contribution in [0.15, 0.2) is 38.4 Å². The molecule has 1 aliphatic heterocycles. The zero-order valence-corrected chi connectivity index (χ0v) is 16.9. The molecule has 28 heavy (non-hydrogen) atoms. The highest BCUT2D eigenvalue weighted by molar-refractivity contribution is 5.91. The van der Waals surface area contributed by atoms with E-state index in [2.05, 4.69) is 34.2 Å². The number of guanidine groups is 1. The summed E-state index contributed by atoms with van der Waals surface area (Å²) < 4.78 is 10.7. The van der Waals surface area contributed by atoms with Gasteiger partial charge in [0.25, 0.3) is 5.91 Å². The van der Waals surface area contributed by atoms with Crippen molar-refractivity contribution in [2.75, 3.05) is 33.2 Å². The third-order valence-corrected chi connectivity index (χ3v) is 5.21. The van der Waals surface area contributed by atoms with Crippen LogP contribution in [0.25, 0.3) is 0 Å². The predicted molar refractivity (Wildman–Crippen MR) is 106 cm³/mol. The molecule has 0 aliphatic carbocycles. The number of carbonyl (C=O) groups excluding carboxylic acids is 1. The number of aromatic nitrogens is 1. The van der Waals surface area contributed by atoms with Gasteiger partial charge in [-0.2, -0.15) is 0 Å². The van der Waals surface area contributed by atoms with Gasteiger partial charge in [0, 0.05) is 45.2 Å². The van der Waals surface area contributed by atoms with Gasteiger partial charge in [-0.25, -0.2) is 0 Å². The first-order valence-corrected chi connectivity index (χ1v) is 9.90.